The van der Waals surface area contributed by atoms with Gasteiger partial charge in [0.25, 0.3) is 0 Å². The number of carbonyl (C=O) groups is 3. The molecule has 2 aliphatic rings. The third-order valence-corrected chi connectivity index (χ3v) is 5.55. The lowest BCUT2D eigenvalue weighted by atomic mass is 9.82. The molecule has 25 heavy (non-hydrogen) atoms. The molecule has 0 bridgehead atoms. The number of allylic oxidation sites excluding steroid dienone is 2. The number of carboxylic acid groups (broad SMARTS) is 1. The summed E-state index contributed by atoms with van der Waals surface area (Å²) in [6.45, 7) is 2.01. The Hall–Kier alpha value is -2.15. The van der Waals surface area contributed by atoms with E-state index in [1.807, 2.05) is 11.5 Å². The molecule has 0 spiro atoms. The lowest BCUT2D eigenvalue weighted by Crippen LogP contribution is -2.34. The third kappa shape index (κ3) is 3.76. The summed E-state index contributed by atoms with van der Waals surface area (Å²) < 4.78 is 5.14. The zero-order valence-corrected chi connectivity index (χ0v) is 14.8. The summed E-state index contributed by atoms with van der Waals surface area (Å²) in [5.74, 6) is -2.78. The topological polar surface area (TPSA) is 92.7 Å². The van der Waals surface area contributed by atoms with Crippen LogP contribution in [-0.4, -0.2) is 29.6 Å². The minimum atomic E-state index is -0.972. The van der Waals surface area contributed by atoms with E-state index >= 15 is 0 Å². The first-order chi connectivity index (χ1) is 12.0. The number of hydrogen-bond acceptors (Lipinski definition) is 5. The van der Waals surface area contributed by atoms with Crippen molar-refractivity contribution in [3.05, 3.63) is 28.7 Å². The fraction of sp³-hybridized carbons (Fsp3) is 0.500. The van der Waals surface area contributed by atoms with Crippen LogP contribution in [0.15, 0.2) is 17.5 Å². The van der Waals surface area contributed by atoms with E-state index in [9.17, 15) is 19.5 Å². The van der Waals surface area contributed by atoms with Gasteiger partial charge in [-0.25, -0.2) is 4.79 Å². The number of nitrogens with one attached hydrogen (secondary N) is 1. The van der Waals surface area contributed by atoms with E-state index in [-0.39, 0.29) is 12.5 Å². The third-order valence-electron chi connectivity index (χ3n) is 4.64. The highest BCUT2D eigenvalue weighted by atomic mass is 32.1. The SMILES string of the molecule is CCOC(=O)c1c(C2CC2)csc1NC(=O)[C@@H]1CC=CC[C@H]1C(=O)O. The summed E-state index contributed by atoms with van der Waals surface area (Å²) in [6, 6.07) is 0. The molecule has 1 saturated carbocycles. The standard InChI is InChI=1S/C18H21NO5S/c1-2-24-18(23)14-13(10-7-8-10)9-25-16(14)19-15(20)11-5-3-4-6-12(11)17(21)22/h3-4,9-12H,2,5-8H2,1H3,(H,19,20)(H,21,22)/t11-,12-/m1/s1. The molecule has 3 rings (SSSR count). The van der Waals surface area contributed by atoms with Crippen molar-refractivity contribution in [3.63, 3.8) is 0 Å². The average molecular weight is 363 g/mol. The molecule has 6 nitrogen and oxygen atoms in total. The van der Waals surface area contributed by atoms with Gasteiger partial charge in [-0.1, -0.05) is 12.2 Å². The second-order valence-electron chi connectivity index (χ2n) is 6.37. The van der Waals surface area contributed by atoms with E-state index in [2.05, 4.69) is 5.32 Å². The van der Waals surface area contributed by atoms with Crippen LogP contribution in [0.2, 0.25) is 0 Å². The number of hydrogen-bond donors (Lipinski definition) is 2. The highest BCUT2D eigenvalue weighted by molar-refractivity contribution is 7.15. The Labute approximate surface area is 149 Å². The highest BCUT2D eigenvalue weighted by Crippen LogP contribution is 2.46. The molecule has 1 fully saturated rings. The van der Waals surface area contributed by atoms with Crippen molar-refractivity contribution in [2.24, 2.45) is 11.8 Å². The maximum atomic E-state index is 12.7. The maximum absolute atomic E-state index is 12.7. The van der Waals surface area contributed by atoms with Crippen molar-refractivity contribution >= 4 is 34.2 Å². The zero-order chi connectivity index (χ0) is 18.0. The maximum Gasteiger partial charge on any atom is 0.341 e. The van der Waals surface area contributed by atoms with Gasteiger partial charge >= 0.3 is 11.9 Å². The van der Waals surface area contributed by atoms with Crippen molar-refractivity contribution in [1.29, 1.82) is 0 Å². The molecule has 1 amide bonds. The molecule has 0 radical (unpaired) electrons. The predicted molar refractivity (Wildman–Crippen MR) is 93.9 cm³/mol. The van der Waals surface area contributed by atoms with Crippen molar-refractivity contribution in [2.75, 3.05) is 11.9 Å². The number of rotatable bonds is 6. The van der Waals surface area contributed by atoms with Crippen molar-refractivity contribution in [3.8, 4) is 0 Å². The number of amides is 1. The van der Waals surface area contributed by atoms with Crippen LogP contribution in [0.3, 0.4) is 0 Å². The van der Waals surface area contributed by atoms with Gasteiger partial charge in [-0.2, -0.15) is 0 Å². The first kappa shape index (κ1) is 17.7. The van der Waals surface area contributed by atoms with Gasteiger partial charge in [0, 0.05) is 0 Å². The molecule has 0 aromatic carbocycles. The first-order valence-corrected chi connectivity index (χ1v) is 9.38. The second-order valence-corrected chi connectivity index (χ2v) is 7.25. The summed E-state index contributed by atoms with van der Waals surface area (Å²) in [5.41, 5.74) is 1.36. The van der Waals surface area contributed by atoms with E-state index in [0.717, 1.165) is 18.4 Å². The van der Waals surface area contributed by atoms with Crippen LogP contribution in [0.4, 0.5) is 5.00 Å². The largest absolute Gasteiger partial charge is 0.481 e. The van der Waals surface area contributed by atoms with Crippen LogP contribution in [0.1, 0.15) is 54.4 Å². The Bertz CT molecular complexity index is 719. The van der Waals surface area contributed by atoms with Crippen LogP contribution in [-0.2, 0) is 14.3 Å². The van der Waals surface area contributed by atoms with Crippen LogP contribution < -0.4 is 5.32 Å². The highest BCUT2D eigenvalue weighted by Gasteiger charge is 2.36. The summed E-state index contributed by atoms with van der Waals surface area (Å²) >= 11 is 1.30. The summed E-state index contributed by atoms with van der Waals surface area (Å²) in [4.78, 5) is 36.4. The Kier molecular flexibility index (Phi) is 5.22. The lowest BCUT2D eigenvalue weighted by molar-refractivity contribution is -0.146. The summed E-state index contributed by atoms with van der Waals surface area (Å²) in [5, 5.41) is 14.5. The smallest absolute Gasteiger partial charge is 0.341 e. The molecule has 134 valence electrons. The van der Waals surface area contributed by atoms with Gasteiger partial charge in [0.2, 0.25) is 5.91 Å². The van der Waals surface area contributed by atoms with Gasteiger partial charge in [-0.3, -0.25) is 9.59 Å². The number of aliphatic carboxylic acids is 1. The molecule has 1 aromatic heterocycles. The fourth-order valence-electron chi connectivity index (χ4n) is 3.15. The Balaban J connectivity index is 1.82. The summed E-state index contributed by atoms with van der Waals surface area (Å²) in [7, 11) is 0. The Morgan fingerprint density at radius 2 is 1.92 bits per heavy atom. The van der Waals surface area contributed by atoms with Crippen molar-refractivity contribution < 1.29 is 24.2 Å². The normalized spacial score (nSPS) is 22.4. The lowest BCUT2D eigenvalue weighted by Gasteiger charge is -2.24. The number of thiophene rings is 1. The fourth-order valence-corrected chi connectivity index (χ4v) is 4.19. The molecule has 2 atom stereocenters. The molecule has 2 aliphatic carbocycles. The van der Waals surface area contributed by atoms with Crippen molar-refractivity contribution in [2.45, 2.75) is 38.5 Å². The van der Waals surface area contributed by atoms with Gasteiger partial charge < -0.3 is 15.2 Å². The summed E-state index contributed by atoms with van der Waals surface area (Å²) in [6.07, 6.45) is 6.42. The van der Waals surface area contributed by atoms with Gasteiger partial charge in [0.05, 0.1) is 24.0 Å². The molecule has 1 heterocycles. The van der Waals surface area contributed by atoms with Crippen LogP contribution in [0.25, 0.3) is 0 Å². The van der Waals surface area contributed by atoms with E-state index in [1.165, 1.54) is 11.3 Å². The molecular weight excluding hydrogens is 342 g/mol. The second kappa shape index (κ2) is 7.39. The average Bonchev–Trinajstić information content (AvgIpc) is 3.35. The van der Waals surface area contributed by atoms with E-state index in [4.69, 9.17) is 4.74 Å². The zero-order valence-electron chi connectivity index (χ0n) is 14.0. The Morgan fingerprint density at radius 1 is 1.24 bits per heavy atom. The van der Waals surface area contributed by atoms with Crippen LogP contribution >= 0.6 is 11.3 Å². The number of carboxylic acids is 1. The van der Waals surface area contributed by atoms with Gasteiger partial charge in [-0.05, 0) is 49.5 Å². The molecule has 1 aromatic rings. The minimum absolute atomic E-state index is 0.265. The molecule has 0 aliphatic heterocycles. The first-order valence-electron chi connectivity index (χ1n) is 8.50. The van der Waals surface area contributed by atoms with E-state index in [1.54, 1.807) is 13.0 Å². The molecule has 0 unspecified atom stereocenters. The molecule has 0 saturated heterocycles. The van der Waals surface area contributed by atoms with Crippen LogP contribution in [0.5, 0.6) is 0 Å². The number of carbonyl (C=O) groups excluding carboxylic acids is 2. The van der Waals surface area contributed by atoms with Crippen molar-refractivity contribution in [1.82, 2.24) is 0 Å². The quantitative estimate of drug-likeness (QED) is 0.597. The van der Waals surface area contributed by atoms with E-state index in [0.29, 0.717) is 29.3 Å². The molecular formula is C18H21NO5S. The predicted octanol–water partition coefficient (Wildman–Crippen LogP) is 3.41. The van der Waals surface area contributed by atoms with Crippen LogP contribution in [0, 0.1) is 11.8 Å². The van der Waals surface area contributed by atoms with Gasteiger partial charge in [-0.15, -0.1) is 11.3 Å². The molecule has 2 N–H and O–H groups in total. The number of anilines is 1. The monoisotopic (exact) mass is 363 g/mol. The van der Waals surface area contributed by atoms with E-state index < -0.39 is 23.8 Å². The van der Waals surface area contributed by atoms with Gasteiger partial charge in [0.15, 0.2) is 0 Å². The number of ether oxygens (including phenoxy) is 1. The van der Waals surface area contributed by atoms with Gasteiger partial charge in [0.1, 0.15) is 5.00 Å². The Morgan fingerprint density at radius 3 is 2.52 bits per heavy atom. The molecule has 7 heteroatoms. The number of esters is 1. The minimum Gasteiger partial charge on any atom is -0.481 e.